The van der Waals surface area contributed by atoms with Crippen LogP contribution in [0, 0.1) is 0 Å². The van der Waals surface area contributed by atoms with Gasteiger partial charge in [-0.3, -0.25) is 19.9 Å². The molecular formula is C27H20N4O3. The van der Waals surface area contributed by atoms with Crippen LogP contribution in [0.25, 0.3) is 38.6 Å². The lowest BCUT2D eigenvalue weighted by atomic mass is 9.95. The zero-order valence-electron chi connectivity index (χ0n) is 18.1. The Labute approximate surface area is 194 Å². The Balaban J connectivity index is 1.66. The SMILES string of the molecule is O=C1NC(=O)C(c2cn(-c3cccnc3)c3ccccc23)=C1c1cn(CCO)c2ccccc12. The molecule has 0 unspecified atom stereocenters. The summed E-state index contributed by atoms with van der Waals surface area (Å²) in [4.78, 5) is 30.5. The van der Waals surface area contributed by atoms with Crippen LogP contribution >= 0.6 is 0 Å². The van der Waals surface area contributed by atoms with Crippen molar-refractivity contribution in [2.75, 3.05) is 6.61 Å². The number of benzene rings is 2. The van der Waals surface area contributed by atoms with Gasteiger partial charge in [-0.25, -0.2) is 0 Å². The second-order valence-electron chi connectivity index (χ2n) is 8.15. The molecule has 2 N–H and O–H groups in total. The Morgan fingerprint density at radius 1 is 0.794 bits per heavy atom. The first kappa shape index (κ1) is 20.1. The third-order valence-electron chi connectivity index (χ3n) is 6.24. The lowest BCUT2D eigenvalue weighted by Crippen LogP contribution is -2.22. The molecule has 2 amide bonds. The number of aliphatic hydroxyl groups excluding tert-OH is 1. The lowest BCUT2D eigenvalue weighted by molar-refractivity contribution is -0.122. The molecule has 0 saturated heterocycles. The Hall–Kier alpha value is -4.49. The number of fused-ring (bicyclic) bond motifs is 2. The van der Waals surface area contributed by atoms with Crippen molar-refractivity contribution in [2.24, 2.45) is 0 Å². The van der Waals surface area contributed by atoms with Crippen molar-refractivity contribution in [3.05, 3.63) is 96.6 Å². The number of hydrogen-bond acceptors (Lipinski definition) is 4. The van der Waals surface area contributed by atoms with E-state index >= 15 is 0 Å². The molecule has 0 bridgehead atoms. The van der Waals surface area contributed by atoms with Gasteiger partial charge in [0.15, 0.2) is 0 Å². The smallest absolute Gasteiger partial charge is 0.259 e. The Bertz CT molecular complexity index is 1630. The Morgan fingerprint density at radius 3 is 2.12 bits per heavy atom. The maximum absolute atomic E-state index is 13.2. The normalized spacial score (nSPS) is 13.9. The molecule has 34 heavy (non-hydrogen) atoms. The summed E-state index contributed by atoms with van der Waals surface area (Å²) >= 11 is 0. The number of hydrogen-bond donors (Lipinski definition) is 2. The van der Waals surface area contributed by atoms with Crippen LogP contribution in [0.5, 0.6) is 0 Å². The number of carbonyl (C=O) groups excluding carboxylic acids is 2. The molecule has 5 aromatic rings. The van der Waals surface area contributed by atoms with Gasteiger partial charge >= 0.3 is 0 Å². The molecule has 0 atom stereocenters. The summed E-state index contributed by atoms with van der Waals surface area (Å²) in [5, 5.41) is 13.7. The van der Waals surface area contributed by atoms with Crippen molar-refractivity contribution in [1.82, 2.24) is 19.4 Å². The third-order valence-corrected chi connectivity index (χ3v) is 6.24. The number of amides is 2. The first-order valence-corrected chi connectivity index (χ1v) is 11.0. The van der Waals surface area contributed by atoms with Gasteiger partial charge in [0.25, 0.3) is 11.8 Å². The number of rotatable bonds is 5. The van der Waals surface area contributed by atoms with Gasteiger partial charge in [0.05, 0.1) is 35.2 Å². The molecule has 6 rings (SSSR count). The van der Waals surface area contributed by atoms with Gasteiger partial charge in [-0.2, -0.15) is 0 Å². The van der Waals surface area contributed by atoms with Crippen molar-refractivity contribution in [1.29, 1.82) is 0 Å². The fraction of sp³-hybridized carbons (Fsp3) is 0.0741. The molecule has 2 aromatic carbocycles. The van der Waals surface area contributed by atoms with Crippen molar-refractivity contribution in [2.45, 2.75) is 6.54 Å². The summed E-state index contributed by atoms with van der Waals surface area (Å²) < 4.78 is 3.89. The lowest BCUT2D eigenvalue weighted by Gasteiger charge is -2.03. The fourth-order valence-corrected chi connectivity index (χ4v) is 4.80. The van der Waals surface area contributed by atoms with E-state index in [1.165, 1.54) is 0 Å². The highest BCUT2D eigenvalue weighted by atomic mass is 16.3. The van der Waals surface area contributed by atoms with E-state index < -0.39 is 11.8 Å². The highest BCUT2D eigenvalue weighted by Crippen LogP contribution is 2.39. The minimum absolute atomic E-state index is 0.0340. The standard InChI is InChI=1S/C27H20N4O3/c32-13-12-30-15-20(18-7-1-3-9-22(18)30)24-25(27(34)29-26(24)33)21-16-31(17-6-5-11-28-14-17)23-10-4-2-8-19(21)23/h1-11,14-16,32H,12-13H2,(H,29,33,34). The van der Waals surface area contributed by atoms with Crippen LogP contribution in [-0.4, -0.2) is 37.6 Å². The van der Waals surface area contributed by atoms with E-state index in [0.29, 0.717) is 28.8 Å². The van der Waals surface area contributed by atoms with E-state index in [2.05, 4.69) is 10.3 Å². The number of para-hydroxylation sites is 2. The summed E-state index contributed by atoms with van der Waals surface area (Å²) in [5.41, 5.74) is 4.69. The molecule has 7 heteroatoms. The van der Waals surface area contributed by atoms with E-state index in [1.807, 2.05) is 82.2 Å². The molecule has 1 aliphatic heterocycles. The van der Waals surface area contributed by atoms with E-state index in [1.54, 1.807) is 12.4 Å². The highest BCUT2D eigenvalue weighted by Gasteiger charge is 2.35. The summed E-state index contributed by atoms with van der Waals surface area (Å²) in [6.07, 6.45) is 7.20. The maximum Gasteiger partial charge on any atom is 0.259 e. The highest BCUT2D eigenvalue weighted by molar-refractivity contribution is 6.50. The van der Waals surface area contributed by atoms with Crippen LogP contribution < -0.4 is 5.32 Å². The van der Waals surface area contributed by atoms with Crippen LogP contribution in [0.15, 0.2) is 85.5 Å². The molecule has 1 aliphatic rings. The maximum atomic E-state index is 13.2. The molecule has 0 fully saturated rings. The Kier molecular flexibility index (Phi) is 4.64. The molecule has 4 heterocycles. The van der Waals surface area contributed by atoms with Gasteiger partial charge in [0.2, 0.25) is 0 Å². The number of aromatic nitrogens is 3. The number of carbonyl (C=O) groups is 2. The van der Waals surface area contributed by atoms with Gasteiger partial charge in [0, 0.05) is 52.6 Å². The molecule has 7 nitrogen and oxygen atoms in total. The second-order valence-corrected chi connectivity index (χ2v) is 8.15. The minimum Gasteiger partial charge on any atom is -0.395 e. The summed E-state index contributed by atoms with van der Waals surface area (Å²) in [6.45, 7) is 0.354. The van der Waals surface area contributed by atoms with Crippen LogP contribution in [-0.2, 0) is 16.1 Å². The Morgan fingerprint density at radius 2 is 1.44 bits per heavy atom. The zero-order chi connectivity index (χ0) is 23.2. The van der Waals surface area contributed by atoms with Crippen molar-refractivity contribution < 1.29 is 14.7 Å². The second kappa shape index (κ2) is 7.83. The molecule has 3 aromatic heterocycles. The van der Waals surface area contributed by atoms with E-state index in [-0.39, 0.29) is 6.61 Å². The monoisotopic (exact) mass is 448 g/mol. The summed E-state index contributed by atoms with van der Waals surface area (Å²) in [5.74, 6) is -0.849. The largest absolute Gasteiger partial charge is 0.395 e. The molecular weight excluding hydrogens is 428 g/mol. The van der Waals surface area contributed by atoms with Crippen LogP contribution in [0.4, 0.5) is 0 Å². The first-order valence-electron chi connectivity index (χ1n) is 11.0. The topological polar surface area (TPSA) is 89.2 Å². The number of aliphatic hydroxyl groups is 1. The molecule has 166 valence electrons. The quantitative estimate of drug-likeness (QED) is 0.403. The predicted molar refractivity (Wildman–Crippen MR) is 130 cm³/mol. The number of nitrogens with one attached hydrogen (secondary N) is 1. The molecule has 0 radical (unpaired) electrons. The molecule has 0 aliphatic carbocycles. The number of imide groups is 1. The van der Waals surface area contributed by atoms with Crippen molar-refractivity contribution in [3.63, 3.8) is 0 Å². The van der Waals surface area contributed by atoms with Gasteiger partial charge in [-0.15, -0.1) is 0 Å². The van der Waals surface area contributed by atoms with E-state index in [0.717, 1.165) is 27.5 Å². The number of pyridine rings is 1. The van der Waals surface area contributed by atoms with Crippen LogP contribution in [0.2, 0.25) is 0 Å². The minimum atomic E-state index is -0.426. The van der Waals surface area contributed by atoms with Crippen molar-refractivity contribution in [3.8, 4) is 5.69 Å². The average molecular weight is 448 g/mol. The van der Waals surface area contributed by atoms with Gasteiger partial charge in [-0.1, -0.05) is 36.4 Å². The third kappa shape index (κ3) is 2.98. The van der Waals surface area contributed by atoms with Crippen LogP contribution in [0.3, 0.4) is 0 Å². The zero-order valence-corrected chi connectivity index (χ0v) is 18.1. The van der Waals surface area contributed by atoms with E-state index in [9.17, 15) is 14.7 Å². The van der Waals surface area contributed by atoms with E-state index in [4.69, 9.17) is 0 Å². The van der Waals surface area contributed by atoms with Crippen LogP contribution in [0.1, 0.15) is 11.1 Å². The van der Waals surface area contributed by atoms with Gasteiger partial charge in [-0.05, 0) is 24.3 Å². The average Bonchev–Trinajstić information content (AvgIpc) is 3.51. The summed E-state index contributed by atoms with van der Waals surface area (Å²) in [7, 11) is 0. The predicted octanol–water partition coefficient (Wildman–Crippen LogP) is 3.54. The molecule has 0 saturated carbocycles. The fourth-order valence-electron chi connectivity index (χ4n) is 4.80. The first-order chi connectivity index (χ1) is 16.7. The number of nitrogens with zero attached hydrogens (tertiary/aromatic N) is 3. The molecule has 0 spiro atoms. The van der Waals surface area contributed by atoms with Crippen molar-refractivity contribution >= 4 is 44.8 Å². The summed E-state index contributed by atoms with van der Waals surface area (Å²) in [6, 6.07) is 19.3. The van der Waals surface area contributed by atoms with Gasteiger partial charge < -0.3 is 14.2 Å². The van der Waals surface area contributed by atoms with Gasteiger partial charge in [0.1, 0.15) is 0 Å².